The van der Waals surface area contributed by atoms with Crippen molar-refractivity contribution in [3.63, 3.8) is 0 Å². The molecule has 1 N–H and O–H groups in total. The molecule has 0 spiro atoms. The highest BCUT2D eigenvalue weighted by atomic mass is 16.7. The Bertz CT molecular complexity index is 957. The molecule has 2 aromatic rings. The van der Waals surface area contributed by atoms with E-state index in [1.165, 1.54) is 0 Å². The van der Waals surface area contributed by atoms with Crippen molar-refractivity contribution >= 4 is 17.5 Å². The van der Waals surface area contributed by atoms with Crippen LogP contribution in [0.3, 0.4) is 0 Å². The van der Waals surface area contributed by atoms with Gasteiger partial charge in [-0.05, 0) is 49.6 Å². The molecule has 2 aliphatic rings. The van der Waals surface area contributed by atoms with Gasteiger partial charge in [0.1, 0.15) is 0 Å². The minimum Gasteiger partial charge on any atom is -0.454 e. The van der Waals surface area contributed by atoms with Gasteiger partial charge in [-0.25, -0.2) is 0 Å². The summed E-state index contributed by atoms with van der Waals surface area (Å²) in [4.78, 5) is 29.1. The zero-order valence-electron chi connectivity index (χ0n) is 17.7. The summed E-state index contributed by atoms with van der Waals surface area (Å²) in [7, 11) is 0. The van der Waals surface area contributed by atoms with E-state index in [9.17, 15) is 9.59 Å². The second kappa shape index (κ2) is 8.36. The number of benzene rings is 2. The van der Waals surface area contributed by atoms with Gasteiger partial charge in [-0.2, -0.15) is 0 Å². The maximum Gasteiger partial charge on any atom is 0.313 e. The second-order valence-corrected chi connectivity index (χ2v) is 7.98. The standard InChI is InChI=1S/C23H27N3O4/c1-15-10-16(2)21(17(3)11-15)24-22(27)23(28)26-8-6-25(7-9-26)13-18-4-5-19-20(12-18)30-14-29-19/h4-5,10-12H,6-9,13-14H2,1-3H3,(H,24,27). The average molecular weight is 409 g/mol. The molecule has 2 aliphatic heterocycles. The zero-order chi connectivity index (χ0) is 21.3. The summed E-state index contributed by atoms with van der Waals surface area (Å²) in [6.07, 6.45) is 0. The molecule has 2 aromatic carbocycles. The van der Waals surface area contributed by atoms with Gasteiger partial charge < -0.3 is 19.7 Å². The van der Waals surface area contributed by atoms with Gasteiger partial charge in [-0.1, -0.05) is 23.8 Å². The molecule has 30 heavy (non-hydrogen) atoms. The normalized spacial score (nSPS) is 15.9. The summed E-state index contributed by atoms with van der Waals surface area (Å²) < 4.78 is 10.8. The molecule has 158 valence electrons. The van der Waals surface area contributed by atoms with Crippen LogP contribution in [-0.4, -0.2) is 54.6 Å². The zero-order valence-corrected chi connectivity index (χ0v) is 17.7. The Balaban J connectivity index is 1.31. The molecule has 2 heterocycles. The molecule has 0 aliphatic carbocycles. The number of nitrogens with one attached hydrogen (secondary N) is 1. The molecule has 7 heteroatoms. The Morgan fingerprint density at radius 2 is 1.60 bits per heavy atom. The second-order valence-electron chi connectivity index (χ2n) is 7.98. The molecular formula is C23H27N3O4. The van der Waals surface area contributed by atoms with Gasteiger partial charge in [0.2, 0.25) is 6.79 Å². The number of ether oxygens (including phenoxy) is 2. The van der Waals surface area contributed by atoms with Gasteiger partial charge in [-0.15, -0.1) is 0 Å². The van der Waals surface area contributed by atoms with E-state index in [1.807, 2.05) is 51.1 Å². The molecule has 1 saturated heterocycles. The van der Waals surface area contributed by atoms with E-state index in [2.05, 4.69) is 10.2 Å². The fourth-order valence-electron chi connectivity index (χ4n) is 4.09. The molecular weight excluding hydrogens is 382 g/mol. The molecule has 0 unspecified atom stereocenters. The van der Waals surface area contributed by atoms with Crippen LogP contribution >= 0.6 is 0 Å². The van der Waals surface area contributed by atoms with Gasteiger partial charge in [0.05, 0.1) is 0 Å². The lowest BCUT2D eigenvalue weighted by atomic mass is 10.1. The highest BCUT2D eigenvalue weighted by Gasteiger charge is 2.27. The van der Waals surface area contributed by atoms with Crippen molar-refractivity contribution in [2.75, 3.05) is 38.3 Å². The van der Waals surface area contributed by atoms with Crippen LogP contribution in [0.4, 0.5) is 5.69 Å². The third-order valence-corrected chi connectivity index (χ3v) is 5.61. The Morgan fingerprint density at radius 3 is 2.30 bits per heavy atom. The number of anilines is 1. The topological polar surface area (TPSA) is 71.1 Å². The average Bonchev–Trinajstić information content (AvgIpc) is 3.18. The summed E-state index contributed by atoms with van der Waals surface area (Å²) in [6, 6.07) is 9.96. The number of amides is 2. The number of carbonyl (C=O) groups excluding carboxylic acids is 2. The third-order valence-electron chi connectivity index (χ3n) is 5.61. The molecule has 0 aromatic heterocycles. The van der Waals surface area contributed by atoms with Crippen LogP contribution in [0.15, 0.2) is 30.3 Å². The van der Waals surface area contributed by atoms with Gasteiger partial charge in [0.25, 0.3) is 0 Å². The monoisotopic (exact) mass is 409 g/mol. The number of nitrogens with zero attached hydrogens (tertiary/aromatic N) is 2. The minimum atomic E-state index is -0.575. The van der Waals surface area contributed by atoms with Crippen molar-refractivity contribution in [1.29, 1.82) is 0 Å². The molecule has 0 bridgehead atoms. The quantitative estimate of drug-likeness (QED) is 0.789. The van der Waals surface area contributed by atoms with Crippen LogP contribution in [-0.2, 0) is 16.1 Å². The predicted molar refractivity (Wildman–Crippen MR) is 114 cm³/mol. The maximum absolute atomic E-state index is 12.6. The van der Waals surface area contributed by atoms with E-state index in [4.69, 9.17) is 9.47 Å². The van der Waals surface area contributed by atoms with E-state index in [0.29, 0.717) is 13.1 Å². The number of rotatable bonds is 3. The molecule has 7 nitrogen and oxygen atoms in total. The van der Waals surface area contributed by atoms with Crippen LogP contribution in [0.25, 0.3) is 0 Å². The van der Waals surface area contributed by atoms with Gasteiger partial charge in [-0.3, -0.25) is 14.5 Å². The van der Waals surface area contributed by atoms with Crippen molar-refractivity contribution in [3.05, 3.63) is 52.6 Å². The maximum atomic E-state index is 12.6. The first kappa shape index (κ1) is 20.2. The van der Waals surface area contributed by atoms with Crippen molar-refractivity contribution in [2.24, 2.45) is 0 Å². The summed E-state index contributed by atoms with van der Waals surface area (Å²) >= 11 is 0. The third kappa shape index (κ3) is 4.26. The lowest BCUT2D eigenvalue weighted by Gasteiger charge is -2.34. The molecule has 0 atom stereocenters. The van der Waals surface area contributed by atoms with Crippen LogP contribution < -0.4 is 14.8 Å². The highest BCUT2D eigenvalue weighted by Crippen LogP contribution is 2.32. The van der Waals surface area contributed by atoms with Crippen LogP contribution in [0.2, 0.25) is 0 Å². The summed E-state index contributed by atoms with van der Waals surface area (Å²) in [5.41, 5.74) is 4.92. The van der Waals surface area contributed by atoms with E-state index in [1.54, 1.807) is 4.90 Å². The van der Waals surface area contributed by atoms with E-state index in [0.717, 1.165) is 59.1 Å². The summed E-state index contributed by atoms with van der Waals surface area (Å²) in [5, 5.41) is 2.81. The summed E-state index contributed by atoms with van der Waals surface area (Å²) in [5.74, 6) is 0.505. The van der Waals surface area contributed by atoms with Crippen LogP contribution in [0.1, 0.15) is 22.3 Å². The number of hydrogen-bond donors (Lipinski definition) is 1. The van der Waals surface area contributed by atoms with Crippen LogP contribution in [0, 0.1) is 20.8 Å². The van der Waals surface area contributed by atoms with Crippen molar-refractivity contribution in [1.82, 2.24) is 9.80 Å². The van der Waals surface area contributed by atoms with E-state index >= 15 is 0 Å². The number of hydrogen-bond acceptors (Lipinski definition) is 5. The molecule has 4 rings (SSSR count). The highest BCUT2D eigenvalue weighted by molar-refractivity contribution is 6.39. The Morgan fingerprint density at radius 1 is 0.933 bits per heavy atom. The number of carbonyl (C=O) groups is 2. The van der Waals surface area contributed by atoms with Gasteiger partial charge >= 0.3 is 11.8 Å². The smallest absolute Gasteiger partial charge is 0.313 e. The van der Waals surface area contributed by atoms with E-state index in [-0.39, 0.29) is 6.79 Å². The number of aryl methyl sites for hydroxylation is 3. The SMILES string of the molecule is Cc1cc(C)c(NC(=O)C(=O)N2CCN(Cc3ccc4c(c3)OCO4)CC2)c(C)c1. The van der Waals surface area contributed by atoms with Crippen molar-refractivity contribution < 1.29 is 19.1 Å². The Kier molecular flexibility index (Phi) is 5.63. The first-order chi connectivity index (χ1) is 14.4. The number of piperazine rings is 1. The summed E-state index contributed by atoms with van der Waals surface area (Å²) in [6.45, 7) is 9.43. The number of fused-ring (bicyclic) bond motifs is 1. The first-order valence-electron chi connectivity index (χ1n) is 10.2. The van der Waals surface area contributed by atoms with Gasteiger partial charge in [0.15, 0.2) is 11.5 Å². The molecule has 0 saturated carbocycles. The van der Waals surface area contributed by atoms with Crippen LogP contribution in [0.5, 0.6) is 11.5 Å². The molecule has 0 radical (unpaired) electrons. The van der Waals surface area contributed by atoms with Crippen molar-refractivity contribution in [2.45, 2.75) is 27.3 Å². The van der Waals surface area contributed by atoms with Crippen molar-refractivity contribution in [3.8, 4) is 11.5 Å². The van der Waals surface area contributed by atoms with E-state index < -0.39 is 11.8 Å². The fraction of sp³-hybridized carbons (Fsp3) is 0.391. The largest absolute Gasteiger partial charge is 0.454 e. The fourth-order valence-corrected chi connectivity index (χ4v) is 4.09. The Labute approximate surface area is 176 Å². The molecule has 2 amide bonds. The predicted octanol–water partition coefficient (Wildman–Crippen LogP) is 2.62. The van der Waals surface area contributed by atoms with Gasteiger partial charge in [0, 0.05) is 38.4 Å². The lowest BCUT2D eigenvalue weighted by molar-refractivity contribution is -0.144. The Hall–Kier alpha value is -3.06. The lowest BCUT2D eigenvalue weighted by Crippen LogP contribution is -2.51. The minimum absolute atomic E-state index is 0.267. The molecule has 1 fully saturated rings. The first-order valence-corrected chi connectivity index (χ1v) is 10.2.